The van der Waals surface area contributed by atoms with Crippen molar-refractivity contribution in [1.82, 2.24) is 14.3 Å². The number of benzene rings is 1. The Morgan fingerprint density at radius 2 is 2.19 bits per heavy atom. The van der Waals surface area contributed by atoms with E-state index in [9.17, 15) is 8.42 Å². The molecule has 2 rings (SSSR count). The number of hydrogen-bond acceptors (Lipinski definition) is 4. The van der Waals surface area contributed by atoms with Gasteiger partial charge in [-0.15, -0.1) is 0 Å². The van der Waals surface area contributed by atoms with Gasteiger partial charge in [-0.3, -0.25) is 0 Å². The molecular weight excluding hydrogens is 312 g/mol. The van der Waals surface area contributed by atoms with Gasteiger partial charge in [0.1, 0.15) is 5.82 Å². The van der Waals surface area contributed by atoms with Gasteiger partial charge in [0.15, 0.2) is 0 Å². The lowest BCUT2D eigenvalue weighted by atomic mass is 10.2. The van der Waals surface area contributed by atoms with Gasteiger partial charge in [-0.2, -0.15) is 0 Å². The standard InChI is InChI=1S/C13H17ClN4O2S/c1-18-7-6-16-13(18)4-5-17-21(19,20)11-3-2-10(9-15)12(14)8-11/h2-3,6-8,17H,4-5,9,15H2,1H3. The van der Waals surface area contributed by atoms with E-state index in [-0.39, 0.29) is 18.0 Å². The highest BCUT2D eigenvalue weighted by Crippen LogP contribution is 2.20. The fourth-order valence-electron chi connectivity index (χ4n) is 1.88. The number of aryl methyl sites for hydroxylation is 1. The zero-order chi connectivity index (χ0) is 15.5. The van der Waals surface area contributed by atoms with E-state index < -0.39 is 10.0 Å². The smallest absolute Gasteiger partial charge is 0.240 e. The largest absolute Gasteiger partial charge is 0.338 e. The van der Waals surface area contributed by atoms with E-state index in [1.165, 1.54) is 12.1 Å². The van der Waals surface area contributed by atoms with Crippen molar-refractivity contribution < 1.29 is 8.42 Å². The Kier molecular flexibility index (Phi) is 5.00. The maximum absolute atomic E-state index is 12.2. The van der Waals surface area contributed by atoms with Gasteiger partial charge in [-0.05, 0) is 17.7 Å². The highest BCUT2D eigenvalue weighted by molar-refractivity contribution is 7.89. The van der Waals surface area contributed by atoms with E-state index >= 15 is 0 Å². The molecule has 0 aliphatic heterocycles. The van der Waals surface area contributed by atoms with Gasteiger partial charge in [-0.25, -0.2) is 18.1 Å². The minimum atomic E-state index is -3.59. The van der Waals surface area contributed by atoms with Crippen molar-refractivity contribution in [2.75, 3.05) is 6.54 Å². The molecule has 0 aliphatic carbocycles. The molecule has 0 atom stereocenters. The van der Waals surface area contributed by atoms with Gasteiger partial charge >= 0.3 is 0 Å². The Balaban J connectivity index is 2.05. The third kappa shape index (κ3) is 3.82. The lowest BCUT2D eigenvalue weighted by Crippen LogP contribution is -2.26. The summed E-state index contributed by atoms with van der Waals surface area (Å²) in [6, 6.07) is 4.53. The molecule has 6 nitrogen and oxygen atoms in total. The van der Waals surface area contributed by atoms with E-state index in [2.05, 4.69) is 9.71 Å². The van der Waals surface area contributed by atoms with Crippen LogP contribution in [-0.4, -0.2) is 24.5 Å². The normalized spacial score (nSPS) is 11.8. The Labute approximate surface area is 129 Å². The van der Waals surface area contributed by atoms with Crippen molar-refractivity contribution in [1.29, 1.82) is 0 Å². The van der Waals surface area contributed by atoms with E-state index in [4.69, 9.17) is 17.3 Å². The summed E-state index contributed by atoms with van der Waals surface area (Å²) in [7, 11) is -1.72. The molecule has 0 fully saturated rings. The van der Waals surface area contributed by atoms with Crippen molar-refractivity contribution in [2.24, 2.45) is 12.8 Å². The third-order valence-electron chi connectivity index (χ3n) is 3.12. The molecule has 1 aromatic carbocycles. The van der Waals surface area contributed by atoms with E-state index in [1.54, 1.807) is 12.3 Å². The molecule has 0 bridgehead atoms. The van der Waals surface area contributed by atoms with Crippen LogP contribution in [0.4, 0.5) is 0 Å². The predicted molar refractivity (Wildman–Crippen MR) is 81.4 cm³/mol. The van der Waals surface area contributed by atoms with Crippen LogP contribution in [0.2, 0.25) is 5.02 Å². The van der Waals surface area contributed by atoms with Crippen molar-refractivity contribution in [3.63, 3.8) is 0 Å². The summed E-state index contributed by atoms with van der Waals surface area (Å²) in [5.41, 5.74) is 6.21. The molecule has 0 saturated heterocycles. The van der Waals surface area contributed by atoms with Gasteiger partial charge in [0.25, 0.3) is 0 Å². The summed E-state index contributed by atoms with van der Waals surface area (Å²) in [6.07, 6.45) is 4.00. The number of imidazole rings is 1. The predicted octanol–water partition coefficient (Wildman–Crippen LogP) is 1.05. The minimum absolute atomic E-state index is 0.129. The Morgan fingerprint density at radius 3 is 2.76 bits per heavy atom. The van der Waals surface area contributed by atoms with Crippen LogP contribution in [0.5, 0.6) is 0 Å². The number of rotatable bonds is 6. The molecule has 0 saturated carbocycles. The molecule has 8 heteroatoms. The average Bonchev–Trinajstić information content (AvgIpc) is 2.84. The van der Waals surface area contributed by atoms with Crippen LogP contribution in [-0.2, 0) is 30.0 Å². The molecule has 3 N–H and O–H groups in total. The zero-order valence-electron chi connectivity index (χ0n) is 11.6. The van der Waals surface area contributed by atoms with E-state index in [0.29, 0.717) is 17.0 Å². The lowest BCUT2D eigenvalue weighted by Gasteiger charge is -2.08. The zero-order valence-corrected chi connectivity index (χ0v) is 13.2. The second-order valence-electron chi connectivity index (χ2n) is 4.56. The Morgan fingerprint density at radius 1 is 1.43 bits per heavy atom. The Hall–Kier alpha value is -1.41. The molecule has 0 amide bonds. The highest BCUT2D eigenvalue weighted by Gasteiger charge is 2.15. The van der Waals surface area contributed by atoms with Gasteiger partial charge in [0, 0.05) is 44.0 Å². The average molecular weight is 329 g/mol. The fraction of sp³-hybridized carbons (Fsp3) is 0.308. The minimum Gasteiger partial charge on any atom is -0.338 e. The van der Waals surface area contributed by atoms with Crippen LogP contribution in [0.15, 0.2) is 35.5 Å². The van der Waals surface area contributed by atoms with Crippen LogP contribution < -0.4 is 10.5 Å². The molecule has 0 radical (unpaired) electrons. The summed E-state index contributed by atoms with van der Waals surface area (Å²) in [5, 5.41) is 0.351. The molecule has 0 aliphatic rings. The van der Waals surface area contributed by atoms with Crippen LogP contribution in [0.3, 0.4) is 0 Å². The van der Waals surface area contributed by atoms with Crippen LogP contribution in [0.1, 0.15) is 11.4 Å². The Bertz CT molecular complexity index is 728. The first-order valence-electron chi connectivity index (χ1n) is 6.38. The molecule has 0 unspecified atom stereocenters. The third-order valence-corrected chi connectivity index (χ3v) is 4.93. The molecule has 1 heterocycles. The van der Waals surface area contributed by atoms with Gasteiger partial charge < -0.3 is 10.3 Å². The molecular formula is C13H17ClN4O2S. The van der Waals surface area contributed by atoms with Crippen molar-refractivity contribution in [2.45, 2.75) is 17.9 Å². The van der Waals surface area contributed by atoms with Gasteiger partial charge in [0.05, 0.1) is 4.90 Å². The molecule has 114 valence electrons. The molecule has 0 spiro atoms. The lowest BCUT2D eigenvalue weighted by molar-refractivity contribution is 0.580. The summed E-state index contributed by atoms with van der Waals surface area (Å²) < 4.78 is 28.7. The topological polar surface area (TPSA) is 90.0 Å². The second kappa shape index (κ2) is 6.57. The molecule has 2 aromatic rings. The molecule has 1 aromatic heterocycles. The quantitative estimate of drug-likeness (QED) is 0.829. The molecule has 21 heavy (non-hydrogen) atoms. The summed E-state index contributed by atoms with van der Waals surface area (Å²) in [4.78, 5) is 4.27. The maximum Gasteiger partial charge on any atom is 0.240 e. The number of nitrogens with zero attached hydrogens (tertiary/aromatic N) is 2. The first-order chi connectivity index (χ1) is 9.94. The van der Waals surface area contributed by atoms with Gasteiger partial charge in [-0.1, -0.05) is 17.7 Å². The van der Waals surface area contributed by atoms with Crippen molar-refractivity contribution in [3.05, 3.63) is 47.0 Å². The first-order valence-corrected chi connectivity index (χ1v) is 8.24. The number of sulfonamides is 1. The van der Waals surface area contributed by atoms with Crippen LogP contribution >= 0.6 is 11.6 Å². The highest BCUT2D eigenvalue weighted by atomic mass is 35.5. The summed E-state index contributed by atoms with van der Waals surface area (Å²) in [5.74, 6) is 0.814. The number of nitrogens with two attached hydrogens (primary N) is 1. The summed E-state index contributed by atoms with van der Waals surface area (Å²) in [6.45, 7) is 0.537. The summed E-state index contributed by atoms with van der Waals surface area (Å²) >= 11 is 5.99. The number of hydrogen-bond donors (Lipinski definition) is 2. The van der Waals surface area contributed by atoms with Crippen LogP contribution in [0, 0.1) is 0 Å². The van der Waals surface area contributed by atoms with Crippen molar-refractivity contribution >= 4 is 21.6 Å². The fourth-order valence-corrected chi connectivity index (χ4v) is 3.26. The van der Waals surface area contributed by atoms with Crippen molar-refractivity contribution in [3.8, 4) is 0 Å². The second-order valence-corrected chi connectivity index (χ2v) is 6.73. The van der Waals surface area contributed by atoms with E-state index in [0.717, 1.165) is 5.82 Å². The first kappa shape index (κ1) is 16.0. The number of halogens is 1. The van der Waals surface area contributed by atoms with Gasteiger partial charge in [0.2, 0.25) is 10.0 Å². The van der Waals surface area contributed by atoms with E-state index in [1.807, 2.05) is 17.8 Å². The number of aromatic nitrogens is 2. The SMILES string of the molecule is Cn1ccnc1CCNS(=O)(=O)c1ccc(CN)c(Cl)c1. The number of nitrogens with one attached hydrogen (secondary N) is 1. The monoisotopic (exact) mass is 328 g/mol. The maximum atomic E-state index is 12.2. The van der Waals surface area contributed by atoms with Crippen LogP contribution in [0.25, 0.3) is 0 Å².